The van der Waals surface area contributed by atoms with Crippen LogP contribution in [0.1, 0.15) is 39.7 Å². The molecule has 21 heavy (non-hydrogen) atoms. The van der Waals surface area contributed by atoms with E-state index in [1.54, 1.807) is 19.2 Å². The van der Waals surface area contributed by atoms with Crippen molar-refractivity contribution < 1.29 is 17.7 Å². The fourth-order valence-electron chi connectivity index (χ4n) is 2.26. The molecule has 0 spiro atoms. The zero-order valence-corrected chi connectivity index (χ0v) is 14.7. The van der Waals surface area contributed by atoms with Crippen molar-refractivity contribution in [2.75, 3.05) is 7.11 Å². The minimum Gasteiger partial charge on any atom is -0.377 e. The molecule has 0 bridgehead atoms. The average Bonchev–Trinajstić information content (AvgIpc) is 2.37. The van der Waals surface area contributed by atoms with Gasteiger partial charge in [0.1, 0.15) is 5.82 Å². The highest BCUT2D eigenvalue weighted by atomic mass is 28.4. The number of benzene rings is 1. The summed E-state index contributed by atoms with van der Waals surface area (Å²) in [6, 6.07) is 7.44. The minimum absolute atomic E-state index is 0.0598. The van der Waals surface area contributed by atoms with Crippen LogP contribution in [0.2, 0.25) is 6.04 Å². The van der Waals surface area contributed by atoms with Crippen molar-refractivity contribution in [3.05, 3.63) is 35.6 Å². The molecule has 0 unspecified atom stereocenters. The van der Waals surface area contributed by atoms with Crippen LogP contribution in [0.5, 0.6) is 0 Å². The first kappa shape index (κ1) is 18.3. The van der Waals surface area contributed by atoms with Crippen LogP contribution in [-0.4, -0.2) is 28.1 Å². The van der Waals surface area contributed by atoms with E-state index in [-0.39, 0.29) is 18.0 Å². The van der Waals surface area contributed by atoms with Gasteiger partial charge in [0.25, 0.3) is 0 Å². The molecule has 0 aliphatic rings. The van der Waals surface area contributed by atoms with Gasteiger partial charge in [-0.25, -0.2) is 4.39 Å². The van der Waals surface area contributed by atoms with E-state index in [4.69, 9.17) is 13.3 Å². The van der Waals surface area contributed by atoms with Crippen molar-refractivity contribution in [1.82, 2.24) is 0 Å². The van der Waals surface area contributed by atoms with Gasteiger partial charge in [-0.1, -0.05) is 12.1 Å². The van der Waals surface area contributed by atoms with Gasteiger partial charge in [-0.3, -0.25) is 0 Å². The molecule has 0 aliphatic carbocycles. The SMILES string of the molecule is CO[Si](CCCc1cccc(F)c1)(OC(C)C)OC(C)C. The lowest BCUT2D eigenvalue weighted by Gasteiger charge is -2.31. The Morgan fingerprint density at radius 3 is 2.19 bits per heavy atom. The van der Waals surface area contributed by atoms with E-state index in [1.165, 1.54) is 6.07 Å². The third kappa shape index (κ3) is 6.69. The van der Waals surface area contributed by atoms with Crippen molar-refractivity contribution in [3.8, 4) is 0 Å². The number of hydrogen-bond donors (Lipinski definition) is 0. The van der Waals surface area contributed by atoms with Crippen molar-refractivity contribution in [2.45, 2.75) is 58.8 Å². The Balaban J connectivity index is 2.63. The second-order valence-corrected chi connectivity index (χ2v) is 8.45. The minimum atomic E-state index is -2.66. The molecular formula is C16H27FO3Si. The number of hydrogen-bond acceptors (Lipinski definition) is 3. The predicted molar refractivity (Wildman–Crippen MR) is 84.7 cm³/mol. The van der Waals surface area contributed by atoms with Gasteiger partial charge in [0.15, 0.2) is 0 Å². The fraction of sp³-hybridized carbons (Fsp3) is 0.625. The summed E-state index contributed by atoms with van der Waals surface area (Å²) in [5.41, 5.74) is 0.989. The Hall–Kier alpha value is -0.753. The smallest absolute Gasteiger partial charge is 0.377 e. The van der Waals surface area contributed by atoms with Gasteiger partial charge in [0, 0.05) is 25.4 Å². The maximum Gasteiger partial charge on any atom is 0.501 e. The third-order valence-corrected chi connectivity index (χ3v) is 6.23. The first-order valence-corrected chi connectivity index (χ1v) is 9.45. The van der Waals surface area contributed by atoms with Gasteiger partial charge in [-0.15, -0.1) is 0 Å². The van der Waals surface area contributed by atoms with Gasteiger partial charge in [-0.05, 0) is 58.2 Å². The maximum absolute atomic E-state index is 13.2. The van der Waals surface area contributed by atoms with E-state index in [1.807, 2.05) is 33.8 Å². The summed E-state index contributed by atoms with van der Waals surface area (Å²) in [4.78, 5) is 0. The molecule has 1 aromatic carbocycles. The molecule has 0 aliphatic heterocycles. The molecule has 1 aromatic rings. The third-order valence-electron chi connectivity index (χ3n) is 2.98. The van der Waals surface area contributed by atoms with E-state index in [2.05, 4.69) is 0 Å². The van der Waals surface area contributed by atoms with Crippen LogP contribution in [-0.2, 0) is 19.7 Å². The van der Waals surface area contributed by atoms with E-state index >= 15 is 0 Å². The molecule has 0 amide bonds. The quantitative estimate of drug-likeness (QED) is 0.640. The van der Waals surface area contributed by atoms with Crippen LogP contribution in [0.3, 0.4) is 0 Å². The van der Waals surface area contributed by atoms with E-state index < -0.39 is 8.80 Å². The molecule has 120 valence electrons. The van der Waals surface area contributed by atoms with Crippen LogP contribution < -0.4 is 0 Å². The Morgan fingerprint density at radius 2 is 1.71 bits per heavy atom. The highest BCUT2D eigenvalue weighted by molar-refractivity contribution is 6.60. The van der Waals surface area contributed by atoms with E-state index in [0.29, 0.717) is 0 Å². The monoisotopic (exact) mass is 314 g/mol. The Morgan fingerprint density at radius 1 is 1.10 bits per heavy atom. The standard InChI is InChI=1S/C16H27FO3Si/c1-13(2)19-21(18-5,20-14(3)4)11-7-9-15-8-6-10-16(17)12-15/h6,8,10,12-14H,7,9,11H2,1-5H3. The second-order valence-electron chi connectivity index (χ2n) is 5.70. The largest absolute Gasteiger partial charge is 0.501 e. The van der Waals surface area contributed by atoms with Crippen LogP contribution in [0.15, 0.2) is 24.3 Å². The first-order chi connectivity index (χ1) is 9.87. The molecule has 0 atom stereocenters. The number of rotatable bonds is 9. The molecule has 3 nitrogen and oxygen atoms in total. The molecule has 5 heteroatoms. The zero-order valence-electron chi connectivity index (χ0n) is 13.7. The molecule has 0 N–H and O–H groups in total. The molecule has 0 saturated carbocycles. The topological polar surface area (TPSA) is 27.7 Å². The fourth-order valence-corrected chi connectivity index (χ4v) is 5.00. The number of halogens is 1. The molecule has 0 fully saturated rings. The van der Waals surface area contributed by atoms with Gasteiger partial charge < -0.3 is 13.3 Å². The Labute approximate surface area is 128 Å². The van der Waals surface area contributed by atoms with Crippen LogP contribution in [0, 0.1) is 5.82 Å². The van der Waals surface area contributed by atoms with Crippen molar-refractivity contribution in [3.63, 3.8) is 0 Å². The molecule has 0 aromatic heterocycles. The summed E-state index contributed by atoms with van der Waals surface area (Å²) in [6.45, 7) is 7.93. The summed E-state index contributed by atoms with van der Waals surface area (Å²) in [6.07, 6.45) is 1.76. The molecule has 1 rings (SSSR count). The summed E-state index contributed by atoms with van der Waals surface area (Å²) in [5.74, 6) is -0.195. The van der Waals surface area contributed by atoms with Crippen molar-refractivity contribution in [2.24, 2.45) is 0 Å². The first-order valence-electron chi connectivity index (χ1n) is 7.52. The lowest BCUT2D eigenvalue weighted by molar-refractivity contribution is 0.0325. The van der Waals surface area contributed by atoms with Crippen LogP contribution in [0.4, 0.5) is 4.39 Å². The highest BCUT2D eigenvalue weighted by Gasteiger charge is 2.41. The lowest BCUT2D eigenvalue weighted by Crippen LogP contribution is -2.48. The summed E-state index contributed by atoms with van der Waals surface area (Å²) >= 11 is 0. The molecular weight excluding hydrogens is 287 g/mol. The van der Waals surface area contributed by atoms with Gasteiger partial charge in [-0.2, -0.15) is 0 Å². The molecule has 0 saturated heterocycles. The maximum atomic E-state index is 13.2. The van der Waals surface area contributed by atoms with Gasteiger partial charge in [0.05, 0.1) is 0 Å². The molecule has 0 radical (unpaired) electrons. The lowest BCUT2D eigenvalue weighted by atomic mass is 10.1. The summed E-state index contributed by atoms with van der Waals surface area (Å²) in [7, 11) is -1.00. The van der Waals surface area contributed by atoms with E-state index in [0.717, 1.165) is 24.4 Å². The predicted octanol–water partition coefficient (Wildman–Crippen LogP) is 4.19. The Kier molecular flexibility index (Phi) is 7.52. The average molecular weight is 314 g/mol. The van der Waals surface area contributed by atoms with Crippen LogP contribution >= 0.6 is 0 Å². The van der Waals surface area contributed by atoms with Gasteiger partial charge in [0.2, 0.25) is 0 Å². The summed E-state index contributed by atoms with van der Waals surface area (Å²) in [5, 5.41) is 0. The normalized spacial score (nSPS) is 12.4. The molecule has 0 heterocycles. The van der Waals surface area contributed by atoms with Crippen LogP contribution in [0.25, 0.3) is 0 Å². The van der Waals surface area contributed by atoms with Crippen molar-refractivity contribution >= 4 is 8.80 Å². The van der Waals surface area contributed by atoms with Crippen molar-refractivity contribution in [1.29, 1.82) is 0 Å². The van der Waals surface area contributed by atoms with Gasteiger partial charge >= 0.3 is 8.80 Å². The highest BCUT2D eigenvalue weighted by Crippen LogP contribution is 2.22. The van der Waals surface area contributed by atoms with E-state index in [9.17, 15) is 4.39 Å². The number of aryl methyl sites for hydroxylation is 1. The zero-order chi connectivity index (χ0) is 15.9. The summed E-state index contributed by atoms with van der Waals surface area (Å²) < 4.78 is 30.8. The second kappa shape index (κ2) is 8.63. The Bertz CT molecular complexity index is 414.